The molecule has 1 aromatic heterocycles. The van der Waals surface area contributed by atoms with Crippen LogP contribution in [0.3, 0.4) is 0 Å². The summed E-state index contributed by atoms with van der Waals surface area (Å²) in [7, 11) is 3.51. The fourth-order valence-electron chi connectivity index (χ4n) is 0.946. The zero-order chi connectivity index (χ0) is 10.0. The average Bonchev–Trinajstić information content (AvgIpc) is 2.03. The van der Waals surface area contributed by atoms with Crippen LogP contribution in [0.25, 0.3) is 0 Å². The molecular weight excluding hydrogens is 236 g/mol. The molecule has 1 heterocycles. The summed E-state index contributed by atoms with van der Waals surface area (Å²) >= 11 is 3.17. The van der Waals surface area contributed by atoms with Crippen LogP contribution in [0.2, 0.25) is 0 Å². The van der Waals surface area contributed by atoms with Crippen LogP contribution in [0.1, 0.15) is 10.4 Å². The van der Waals surface area contributed by atoms with E-state index in [-0.39, 0.29) is 5.56 Å². The first-order chi connectivity index (χ1) is 6.02. The van der Waals surface area contributed by atoms with E-state index in [2.05, 4.69) is 20.9 Å². The number of carboxylic acid groups (broad SMARTS) is 1. The number of carbonyl (C=O) groups is 1. The fraction of sp³-hybridized carbons (Fsp3) is 0.250. The lowest BCUT2D eigenvalue weighted by Crippen LogP contribution is -2.15. The quantitative estimate of drug-likeness (QED) is 0.859. The first-order valence-corrected chi connectivity index (χ1v) is 4.38. The molecule has 0 saturated carbocycles. The SMILES string of the molecule is CN(C)c1ncc(Br)cc1C(=O)O. The van der Waals surface area contributed by atoms with Crippen LogP contribution < -0.4 is 4.90 Å². The minimum atomic E-state index is -0.975. The van der Waals surface area contributed by atoms with Crippen LogP contribution in [0.15, 0.2) is 16.7 Å². The van der Waals surface area contributed by atoms with Crippen LogP contribution in [-0.4, -0.2) is 30.2 Å². The Bertz CT molecular complexity index is 339. The topological polar surface area (TPSA) is 53.4 Å². The third-order valence-electron chi connectivity index (χ3n) is 1.49. The Morgan fingerprint density at radius 2 is 2.23 bits per heavy atom. The number of halogens is 1. The molecule has 0 aliphatic heterocycles. The summed E-state index contributed by atoms with van der Waals surface area (Å²) in [5.74, 6) is -0.520. The van der Waals surface area contributed by atoms with Crippen molar-refractivity contribution in [2.45, 2.75) is 0 Å². The molecule has 0 spiro atoms. The van der Waals surface area contributed by atoms with Gasteiger partial charge in [0.25, 0.3) is 0 Å². The summed E-state index contributed by atoms with van der Waals surface area (Å²) in [5.41, 5.74) is 0.194. The van der Waals surface area contributed by atoms with Crippen LogP contribution in [0.5, 0.6) is 0 Å². The van der Waals surface area contributed by atoms with Crippen molar-refractivity contribution in [3.05, 3.63) is 22.3 Å². The Hall–Kier alpha value is -1.10. The highest BCUT2D eigenvalue weighted by molar-refractivity contribution is 9.10. The highest BCUT2D eigenvalue weighted by Crippen LogP contribution is 2.19. The van der Waals surface area contributed by atoms with Crippen LogP contribution in [0.4, 0.5) is 5.82 Å². The summed E-state index contributed by atoms with van der Waals surface area (Å²) in [6.45, 7) is 0. The van der Waals surface area contributed by atoms with Gasteiger partial charge in [-0.25, -0.2) is 9.78 Å². The van der Waals surface area contributed by atoms with Crippen molar-refractivity contribution in [2.24, 2.45) is 0 Å². The lowest BCUT2D eigenvalue weighted by atomic mass is 10.2. The van der Waals surface area contributed by atoms with Gasteiger partial charge in [0.1, 0.15) is 11.4 Å². The molecule has 0 radical (unpaired) electrons. The predicted molar refractivity (Wildman–Crippen MR) is 53.2 cm³/mol. The maximum Gasteiger partial charge on any atom is 0.339 e. The molecule has 0 amide bonds. The van der Waals surface area contributed by atoms with Gasteiger partial charge < -0.3 is 10.0 Å². The highest BCUT2D eigenvalue weighted by Gasteiger charge is 2.12. The van der Waals surface area contributed by atoms with Crippen molar-refractivity contribution in [1.29, 1.82) is 0 Å². The third kappa shape index (κ3) is 2.18. The largest absolute Gasteiger partial charge is 0.478 e. The summed E-state index contributed by atoms with van der Waals surface area (Å²) in [4.78, 5) is 16.5. The van der Waals surface area contributed by atoms with E-state index in [1.165, 1.54) is 6.07 Å². The Kier molecular flexibility index (Phi) is 2.87. The van der Waals surface area contributed by atoms with Gasteiger partial charge in [0.2, 0.25) is 0 Å². The van der Waals surface area contributed by atoms with Gasteiger partial charge in [-0.2, -0.15) is 0 Å². The zero-order valence-corrected chi connectivity index (χ0v) is 8.87. The molecule has 1 aromatic rings. The number of aromatic carboxylic acids is 1. The number of pyridine rings is 1. The smallest absolute Gasteiger partial charge is 0.339 e. The lowest BCUT2D eigenvalue weighted by Gasteiger charge is -2.13. The van der Waals surface area contributed by atoms with Crippen molar-refractivity contribution in [2.75, 3.05) is 19.0 Å². The molecule has 13 heavy (non-hydrogen) atoms. The van der Waals surface area contributed by atoms with Crippen LogP contribution >= 0.6 is 15.9 Å². The maximum atomic E-state index is 10.8. The average molecular weight is 245 g/mol. The van der Waals surface area contributed by atoms with E-state index < -0.39 is 5.97 Å². The number of carboxylic acids is 1. The Morgan fingerprint density at radius 1 is 1.62 bits per heavy atom. The standard InChI is InChI=1S/C8H9BrN2O2/c1-11(2)7-6(8(12)13)3-5(9)4-10-7/h3-4H,1-2H3,(H,12,13). The fourth-order valence-corrected chi connectivity index (χ4v) is 1.28. The van der Waals surface area contributed by atoms with E-state index >= 15 is 0 Å². The predicted octanol–water partition coefficient (Wildman–Crippen LogP) is 1.61. The van der Waals surface area contributed by atoms with Gasteiger partial charge >= 0.3 is 5.97 Å². The summed E-state index contributed by atoms with van der Waals surface area (Å²) in [6, 6.07) is 1.53. The van der Waals surface area contributed by atoms with Gasteiger partial charge in [-0.1, -0.05) is 0 Å². The number of hydrogen-bond donors (Lipinski definition) is 1. The lowest BCUT2D eigenvalue weighted by molar-refractivity contribution is 0.0697. The number of hydrogen-bond acceptors (Lipinski definition) is 3. The molecule has 0 saturated heterocycles. The minimum Gasteiger partial charge on any atom is -0.478 e. The molecule has 1 rings (SSSR count). The molecule has 0 fully saturated rings. The van der Waals surface area contributed by atoms with E-state index in [4.69, 9.17) is 5.11 Å². The molecule has 0 atom stereocenters. The molecule has 0 aliphatic carbocycles. The monoisotopic (exact) mass is 244 g/mol. The number of aromatic nitrogens is 1. The van der Waals surface area contributed by atoms with Gasteiger partial charge in [-0.3, -0.25) is 0 Å². The Labute approximate surface area is 84.3 Å². The van der Waals surface area contributed by atoms with Crippen molar-refractivity contribution in [3.63, 3.8) is 0 Å². The second-order valence-electron chi connectivity index (χ2n) is 2.72. The van der Waals surface area contributed by atoms with Crippen molar-refractivity contribution >= 4 is 27.7 Å². The highest BCUT2D eigenvalue weighted by atomic mass is 79.9. The van der Waals surface area contributed by atoms with Crippen molar-refractivity contribution in [3.8, 4) is 0 Å². The third-order valence-corrected chi connectivity index (χ3v) is 1.92. The van der Waals surface area contributed by atoms with E-state index in [0.717, 1.165) is 0 Å². The Balaban J connectivity index is 3.27. The normalized spacial score (nSPS) is 9.77. The molecule has 0 aromatic carbocycles. The molecule has 1 N–H and O–H groups in total. The van der Waals surface area contributed by atoms with Gasteiger partial charge in [-0.15, -0.1) is 0 Å². The van der Waals surface area contributed by atoms with E-state index in [1.807, 2.05) is 0 Å². The Morgan fingerprint density at radius 3 is 2.69 bits per heavy atom. The second-order valence-corrected chi connectivity index (χ2v) is 3.64. The minimum absolute atomic E-state index is 0.194. The molecule has 0 unspecified atom stereocenters. The zero-order valence-electron chi connectivity index (χ0n) is 7.28. The number of rotatable bonds is 2. The molecular formula is C8H9BrN2O2. The second kappa shape index (κ2) is 3.74. The first-order valence-electron chi connectivity index (χ1n) is 3.58. The van der Waals surface area contributed by atoms with E-state index in [9.17, 15) is 4.79 Å². The summed E-state index contributed by atoms with van der Waals surface area (Å²) in [6.07, 6.45) is 1.57. The molecule has 0 aliphatic rings. The summed E-state index contributed by atoms with van der Waals surface area (Å²) < 4.78 is 0.663. The first kappa shape index (κ1) is 9.98. The van der Waals surface area contributed by atoms with Gasteiger partial charge in [0.05, 0.1) is 0 Å². The molecule has 4 nitrogen and oxygen atoms in total. The van der Waals surface area contributed by atoms with Crippen LogP contribution in [0, 0.1) is 0 Å². The van der Waals surface area contributed by atoms with E-state index in [1.54, 1.807) is 25.2 Å². The van der Waals surface area contributed by atoms with Crippen molar-refractivity contribution < 1.29 is 9.90 Å². The van der Waals surface area contributed by atoms with Gasteiger partial charge in [0.15, 0.2) is 0 Å². The summed E-state index contributed by atoms with van der Waals surface area (Å²) in [5, 5.41) is 8.85. The molecule has 0 bridgehead atoms. The maximum absolute atomic E-state index is 10.8. The van der Waals surface area contributed by atoms with Gasteiger partial charge in [-0.05, 0) is 22.0 Å². The van der Waals surface area contributed by atoms with Crippen molar-refractivity contribution in [1.82, 2.24) is 4.98 Å². The number of anilines is 1. The molecule has 70 valence electrons. The molecule has 5 heteroatoms. The van der Waals surface area contributed by atoms with E-state index in [0.29, 0.717) is 10.3 Å². The van der Waals surface area contributed by atoms with Gasteiger partial charge in [0, 0.05) is 24.8 Å². The number of nitrogens with zero attached hydrogens (tertiary/aromatic N) is 2. The van der Waals surface area contributed by atoms with Crippen LogP contribution in [-0.2, 0) is 0 Å².